The highest BCUT2D eigenvalue weighted by atomic mass is 35.5. The number of thioether (sulfide) groups is 2. The molecule has 6 heteroatoms. The Morgan fingerprint density at radius 3 is 2.50 bits per heavy atom. The van der Waals surface area contributed by atoms with Crippen molar-refractivity contribution in [3.63, 3.8) is 0 Å². The smallest absolute Gasteiger partial charge is 0.231 e. The Kier molecular flexibility index (Phi) is 8.11. The number of anilines is 1. The van der Waals surface area contributed by atoms with Crippen LogP contribution < -0.4 is 11.1 Å². The molecule has 3 N–H and O–H groups in total. The molecule has 1 heterocycles. The lowest BCUT2D eigenvalue weighted by Gasteiger charge is -2.28. The predicted octanol–water partition coefficient (Wildman–Crippen LogP) is 4.29. The summed E-state index contributed by atoms with van der Waals surface area (Å²) >= 11 is 3.94. The lowest BCUT2D eigenvalue weighted by atomic mass is 9.81. The maximum Gasteiger partial charge on any atom is 0.231 e. The molecule has 2 rings (SSSR count). The van der Waals surface area contributed by atoms with E-state index in [1.165, 1.54) is 17.1 Å². The minimum atomic E-state index is -0.452. The van der Waals surface area contributed by atoms with E-state index in [1.54, 1.807) is 0 Å². The third-order valence-corrected chi connectivity index (χ3v) is 7.37. The number of hydrogen-bond donors (Lipinski definition) is 2. The van der Waals surface area contributed by atoms with Crippen LogP contribution in [-0.2, 0) is 4.79 Å². The van der Waals surface area contributed by atoms with Crippen LogP contribution in [0.25, 0.3) is 0 Å². The van der Waals surface area contributed by atoms with Crippen molar-refractivity contribution in [3.8, 4) is 0 Å². The summed E-state index contributed by atoms with van der Waals surface area (Å²) in [5.74, 6) is 2.45. The first-order valence-electron chi connectivity index (χ1n) is 7.50. The molecule has 0 atom stereocenters. The van der Waals surface area contributed by atoms with Gasteiger partial charge in [-0.2, -0.15) is 0 Å². The summed E-state index contributed by atoms with van der Waals surface area (Å²) in [5.41, 5.74) is 7.56. The number of rotatable bonds is 6. The van der Waals surface area contributed by atoms with Crippen molar-refractivity contribution in [2.75, 3.05) is 23.4 Å². The number of amides is 1. The van der Waals surface area contributed by atoms with E-state index in [4.69, 9.17) is 5.73 Å². The summed E-state index contributed by atoms with van der Waals surface area (Å²) in [6.45, 7) is 4.44. The summed E-state index contributed by atoms with van der Waals surface area (Å²) < 4.78 is 0.499. The minimum Gasteiger partial charge on any atom is -0.329 e. The number of nitrogens with one attached hydrogen (secondary N) is 1. The molecular weight excluding hydrogens is 336 g/mol. The molecule has 1 saturated heterocycles. The Balaban J connectivity index is 0.00000242. The molecule has 0 unspecified atom stereocenters. The van der Waals surface area contributed by atoms with E-state index in [0.717, 1.165) is 18.5 Å². The molecule has 1 aliphatic rings. The van der Waals surface area contributed by atoms with Gasteiger partial charge in [0, 0.05) is 23.7 Å². The molecule has 1 aliphatic heterocycles. The van der Waals surface area contributed by atoms with E-state index < -0.39 is 5.41 Å². The summed E-state index contributed by atoms with van der Waals surface area (Å²) in [7, 11) is 0. The Morgan fingerprint density at radius 2 is 1.95 bits per heavy atom. The first kappa shape index (κ1) is 19.7. The lowest BCUT2D eigenvalue weighted by Crippen LogP contribution is -2.41. The van der Waals surface area contributed by atoms with Gasteiger partial charge in [0.2, 0.25) is 5.91 Å². The van der Waals surface area contributed by atoms with Gasteiger partial charge in [0.25, 0.3) is 0 Å². The van der Waals surface area contributed by atoms with E-state index in [2.05, 4.69) is 17.4 Å². The summed E-state index contributed by atoms with van der Waals surface area (Å²) in [6.07, 6.45) is 1.53. The third-order valence-electron chi connectivity index (χ3n) is 4.26. The van der Waals surface area contributed by atoms with Gasteiger partial charge in [0.1, 0.15) is 0 Å². The van der Waals surface area contributed by atoms with E-state index in [-0.39, 0.29) is 18.3 Å². The molecule has 1 fully saturated rings. The predicted molar refractivity (Wildman–Crippen MR) is 102 cm³/mol. The number of hydrogen-bond acceptors (Lipinski definition) is 4. The van der Waals surface area contributed by atoms with Gasteiger partial charge in [-0.25, -0.2) is 0 Å². The number of nitrogens with two attached hydrogens (primary N) is 1. The zero-order valence-electron chi connectivity index (χ0n) is 13.1. The largest absolute Gasteiger partial charge is 0.329 e. The van der Waals surface area contributed by atoms with Crippen molar-refractivity contribution in [1.82, 2.24) is 0 Å². The number of benzene rings is 1. The van der Waals surface area contributed by atoms with Crippen molar-refractivity contribution >= 4 is 47.5 Å². The molecule has 22 heavy (non-hydrogen) atoms. The summed E-state index contributed by atoms with van der Waals surface area (Å²) in [6, 6.07) is 8.21. The first-order chi connectivity index (χ1) is 10.1. The monoisotopic (exact) mass is 360 g/mol. The average molecular weight is 361 g/mol. The second kappa shape index (κ2) is 9.06. The van der Waals surface area contributed by atoms with Crippen LogP contribution in [0.1, 0.15) is 36.8 Å². The third kappa shape index (κ3) is 4.34. The minimum absolute atomic E-state index is 0. The van der Waals surface area contributed by atoms with Crippen LogP contribution in [0.5, 0.6) is 0 Å². The van der Waals surface area contributed by atoms with Crippen LogP contribution in [0.3, 0.4) is 0 Å². The van der Waals surface area contributed by atoms with Gasteiger partial charge in [0.05, 0.1) is 10.00 Å². The lowest BCUT2D eigenvalue weighted by molar-refractivity contribution is -0.125. The Hall–Kier alpha value is -0.360. The molecule has 1 aromatic rings. The highest BCUT2D eigenvalue weighted by Crippen LogP contribution is 2.45. The van der Waals surface area contributed by atoms with Crippen molar-refractivity contribution in [2.24, 2.45) is 11.1 Å². The fourth-order valence-corrected chi connectivity index (χ4v) is 5.37. The van der Waals surface area contributed by atoms with Crippen molar-refractivity contribution in [2.45, 2.75) is 31.3 Å². The zero-order valence-corrected chi connectivity index (χ0v) is 15.6. The van der Waals surface area contributed by atoms with Gasteiger partial charge in [-0.05, 0) is 30.5 Å². The number of carbonyl (C=O) groups excluding carboxylic acids is 1. The second-order valence-electron chi connectivity index (χ2n) is 5.34. The topological polar surface area (TPSA) is 55.1 Å². The van der Waals surface area contributed by atoms with Crippen LogP contribution in [0.2, 0.25) is 0 Å². The molecule has 0 bridgehead atoms. The van der Waals surface area contributed by atoms with Gasteiger partial charge in [0.15, 0.2) is 0 Å². The molecule has 1 amide bonds. The molecule has 0 saturated carbocycles. The van der Waals surface area contributed by atoms with Gasteiger partial charge in [-0.3, -0.25) is 4.79 Å². The number of halogens is 1. The van der Waals surface area contributed by atoms with E-state index in [9.17, 15) is 4.79 Å². The van der Waals surface area contributed by atoms with Crippen LogP contribution in [0, 0.1) is 5.41 Å². The maximum atomic E-state index is 12.6. The molecule has 0 aromatic heterocycles. The average Bonchev–Trinajstić information content (AvgIpc) is 3.04. The maximum absolute atomic E-state index is 12.6. The first-order valence-corrected chi connectivity index (χ1v) is 9.59. The van der Waals surface area contributed by atoms with E-state index in [0.29, 0.717) is 11.1 Å². The van der Waals surface area contributed by atoms with Gasteiger partial charge in [-0.15, -0.1) is 35.9 Å². The van der Waals surface area contributed by atoms with Gasteiger partial charge in [-0.1, -0.05) is 26.0 Å². The highest BCUT2D eigenvalue weighted by molar-refractivity contribution is 8.19. The van der Waals surface area contributed by atoms with Crippen LogP contribution in [-0.4, -0.2) is 24.0 Å². The van der Waals surface area contributed by atoms with Crippen LogP contribution >= 0.6 is 35.9 Å². The van der Waals surface area contributed by atoms with Crippen molar-refractivity contribution < 1.29 is 4.79 Å². The Bertz CT molecular complexity index is 481. The van der Waals surface area contributed by atoms with E-state index >= 15 is 0 Å². The van der Waals surface area contributed by atoms with Crippen molar-refractivity contribution in [3.05, 3.63) is 29.8 Å². The normalized spacial score (nSPS) is 15.4. The second-order valence-corrected chi connectivity index (χ2v) is 8.07. The molecule has 0 aliphatic carbocycles. The van der Waals surface area contributed by atoms with Crippen LogP contribution in [0.15, 0.2) is 24.3 Å². The van der Waals surface area contributed by atoms with Crippen molar-refractivity contribution in [1.29, 1.82) is 0 Å². The van der Waals surface area contributed by atoms with Gasteiger partial charge < -0.3 is 11.1 Å². The number of carbonyl (C=O) groups is 1. The zero-order chi connectivity index (χ0) is 15.3. The van der Waals surface area contributed by atoms with Gasteiger partial charge >= 0.3 is 0 Å². The van der Waals surface area contributed by atoms with Crippen LogP contribution in [0.4, 0.5) is 5.69 Å². The molecule has 3 nitrogen and oxygen atoms in total. The quantitative estimate of drug-likeness (QED) is 0.794. The van der Waals surface area contributed by atoms with E-state index in [1.807, 2.05) is 49.5 Å². The summed E-state index contributed by atoms with van der Waals surface area (Å²) in [4.78, 5) is 12.6. The molecule has 1 aromatic carbocycles. The molecule has 0 spiro atoms. The molecule has 0 radical (unpaired) electrons. The summed E-state index contributed by atoms with van der Waals surface area (Å²) in [5, 5.41) is 3.06. The Labute approximate surface area is 148 Å². The standard InChI is InChI=1S/C16H24N2OS2.ClH/c1-3-16(4-2,11-17)15(19)18-13-7-5-6-12(10-13)14-20-8-9-21-14;/h5-7,10,14H,3-4,8-9,11,17H2,1-2H3,(H,18,19);1H. The highest BCUT2D eigenvalue weighted by Gasteiger charge is 2.33. The Morgan fingerprint density at radius 1 is 1.32 bits per heavy atom. The molecule has 124 valence electrons. The fraction of sp³-hybridized carbons (Fsp3) is 0.562. The molecular formula is C16H25ClN2OS2. The fourth-order valence-electron chi connectivity index (χ4n) is 2.53. The SMILES string of the molecule is CCC(CC)(CN)C(=O)Nc1cccc(C2SCCS2)c1.Cl.